The van der Waals surface area contributed by atoms with E-state index in [9.17, 15) is 0 Å². The second kappa shape index (κ2) is 6.61. The molecule has 0 amide bonds. The Balaban J connectivity index is 1.78. The summed E-state index contributed by atoms with van der Waals surface area (Å²) in [5.41, 5.74) is 3.27. The molecule has 0 saturated carbocycles. The van der Waals surface area contributed by atoms with E-state index in [1.54, 1.807) is 11.3 Å². The van der Waals surface area contributed by atoms with Gasteiger partial charge >= 0.3 is 0 Å². The van der Waals surface area contributed by atoms with Crippen LogP contribution in [0.2, 0.25) is 5.02 Å². The second-order valence-electron chi connectivity index (χ2n) is 5.84. The number of nitrogens with one attached hydrogen (secondary N) is 1. The van der Waals surface area contributed by atoms with Gasteiger partial charge in [-0.2, -0.15) is 0 Å². The molecule has 0 aliphatic carbocycles. The Morgan fingerprint density at radius 1 is 1.22 bits per heavy atom. The van der Waals surface area contributed by atoms with Crippen LogP contribution in [0.25, 0.3) is 16.2 Å². The Kier molecular flexibility index (Phi) is 4.35. The van der Waals surface area contributed by atoms with Gasteiger partial charge in [0.15, 0.2) is 0 Å². The Morgan fingerprint density at radius 3 is 3.04 bits per heavy atom. The fourth-order valence-electron chi connectivity index (χ4n) is 3.10. The third-order valence-electron chi connectivity index (χ3n) is 4.24. The summed E-state index contributed by atoms with van der Waals surface area (Å²) in [5, 5.41) is 6.31. The minimum atomic E-state index is 0.742. The van der Waals surface area contributed by atoms with Crippen molar-refractivity contribution < 1.29 is 0 Å². The van der Waals surface area contributed by atoms with Gasteiger partial charge in [0.25, 0.3) is 0 Å². The highest BCUT2D eigenvalue weighted by Crippen LogP contribution is 2.30. The van der Waals surface area contributed by atoms with Crippen molar-refractivity contribution in [3.05, 3.63) is 46.6 Å². The molecule has 0 spiro atoms. The lowest BCUT2D eigenvalue weighted by Gasteiger charge is -2.19. The van der Waals surface area contributed by atoms with Crippen LogP contribution in [0, 0.1) is 0 Å². The normalized spacial score (nSPS) is 16.7. The van der Waals surface area contributed by atoms with Gasteiger partial charge in [-0.15, -0.1) is 11.3 Å². The summed E-state index contributed by atoms with van der Waals surface area (Å²) in [6, 6.07) is 8.12. The second-order valence-corrected chi connectivity index (χ2v) is 7.22. The molecule has 3 aromatic heterocycles. The molecule has 6 heteroatoms. The third kappa shape index (κ3) is 3.15. The quantitative estimate of drug-likeness (QED) is 0.787. The number of aromatic nitrogens is 2. The summed E-state index contributed by atoms with van der Waals surface area (Å²) in [5.74, 6) is 0. The zero-order chi connectivity index (χ0) is 15.6. The highest BCUT2D eigenvalue weighted by atomic mass is 35.5. The van der Waals surface area contributed by atoms with Crippen molar-refractivity contribution in [2.75, 3.05) is 26.2 Å². The number of fused-ring (bicyclic) bond motifs is 1. The Bertz CT molecular complexity index is 788. The van der Waals surface area contributed by atoms with Crippen molar-refractivity contribution in [3.63, 3.8) is 0 Å². The first-order valence-corrected chi connectivity index (χ1v) is 9.20. The van der Waals surface area contributed by atoms with Crippen LogP contribution >= 0.6 is 22.9 Å². The van der Waals surface area contributed by atoms with Gasteiger partial charge < -0.3 is 9.72 Å². The van der Waals surface area contributed by atoms with E-state index in [4.69, 9.17) is 16.6 Å². The third-order valence-corrected chi connectivity index (χ3v) is 5.34. The van der Waals surface area contributed by atoms with Crippen molar-refractivity contribution in [3.8, 4) is 10.6 Å². The zero-order valence-electron chi connectivity index (χ0n) is 12.8. The molecular weight excluding hydrogens is 328 g/mol. The number of pyridine rings is 1. The molecule has 0 radical (unpaired) electrons. The average molecular weight is 347 g/mol. The molecular formula is C17H19ClN4S. The summed E-state index contributed by atoms with van der Waals surface area (Å²) < 4.78 is 2.15. The number of hydrogen-bond acceptors (Lipinski definition) is 4. The van der Waals surface area contributed by atoms with E-state index in [1.165, 1.54) is 17.0 Å². The highest BCUT2D eigenvalue weighted by molar-refractivity contribution is 7.13. The summed E-state index contributed by atoms with van der Waals surface area (Å²) in [6.45, 7) is 5.23. The predicted molar refractivity (Wildman–Crippen MR) is 96.3 cm³/mol. The van der Waals surface area contributed by atoms with E-state index >= 15 is 0 Å². The maximum atomic E-state index is 6.22. The molecule has 1 aliphatic heterocycles. The predicted octanol–water partition coefficient (Wildman–Crippen LogP) is 3.51. The number of hydrogen-bond donors (Lipinski definition) is 1. The van der Waals surface area contributed by atoms with Crippen molar-refractivity contribution in [1.29, 1.82) is 0 Å². The van der Waals surface area contributed by atoms with E-state index in [2.05, 4.69) is 32.1 Å². The number of nitrogens with zero attached hydrogens (tertiary/aromatic N) is 3. The van der Waals surface area contributed by atoms with Crippen LogP contribution in [-0.4, -0.2) is 40.5 Å². The largest absolute Gasteiger partial charge is 0.315 e. The Hall–Kier alpha value is -1.40. The molecule has 120 valence electrons. The first-order valence-electron chi connectivity index (χ1n) is 7.95. The van der Waals surface area contributed by atoms with Gasteiger partial charge in [-0.05, 0) is 43.1 Å². The fourth-order valence-corrected chi connectivity index (χ4v) is 4.00. The van der Waals surface area contributed by atoms with Crippen LogP contribution in [0.5, 0.6) is 0 Å². The van der Waals surface area contributed by atoms with Crippen molar-refractivity contribution in [2.45, 2.75) is 13.0 Å². The van der Waals surface area contributed by atoms with E-state index in [1.807, 2.05) is 18.3 Å². The molecule has 1 saturated heterocycles. The summed E-state index contributed by atoms with van der Waals surface area (Å²) in [6.07, 6.45) is 3.16. The lowest BCUT2D eigenvalue weighted by molar-refractivity contribution is 0.281. The summed E-state index contributed by atoms with van der Waals surface area (Å²) in [4.78, 5) is 8.57. The maximum absolute atomic E-state index is 6.22. The lowest BCUT2D eigenvalue weighted by atomic mass is 10.2. The van der Waals surface area contributed by atoms with E-state index < -0.39 is 0 Å². The monoisotopic (exact) mass is 346 g/mol. The standard InChI is InChI=1S/C17H19ClN4S/c18-13-4-5-16-20-17(15-3-1-10-23-15)14(22(16)11-13)12-21-8-2-6-19-7-9-21/h1,3-5,10-11,19H,2,6-9,12H2. The molecule has 4 rings (SSSR count). The van der Waals surface area contributed by atoms with Crippen LogP contribution in [0.15, 0.2) is 35.8 Å². The molecule has 4 heterocycles. The Morgan fingerprint density at radius 2 is 2.17 bits per heavy atom. The van der Waals surface area contributed by atoms with E-state index in [0.717, 1.165) is 49.1 Å². The first kappa shape index (κ1) is 15.1. The van der Waals surface area contributed by atoms with Crippen LogP contribution in [0.1, 0.15) is 12.1 Å². The topological polar surface area (TPSA) is 32.6 Å². The number of halogens is 1. The minimum absolute atomic E-state index is 0.742. The maximum Gasteiger partial charge on any atom is 0.137 e. The number of thiophene rings is 1. The molecule has 3 aromatic rings. The molecule has 1 N–H and O–H groups in total. The van der Waals surface area contributed by atoms with Gasteiger partial charge in [0, 0.05) is 25.8 Å². The van der Waals surface area contributed by atoms with Crippen molar-refractivity contribution in [2.24, 2.45) is 0 Å². The molecule has 1 aliphatic rings. The fraction of sp³-hybridized carbons (Fsp3) is 0.353. The van der Waals surface area contributed by atoms with Gasteiger partial charge in [0.1, 0.15) is 11.3 Å². The SMILES string of the molecule is Clc1ccc2nc(-c3cccs3)c(CN3CCCNCC3)n2c1. The van der Waals surface area contributed by atoms with E-state index in [-0.39, 0.29) is 0 Å². The van der Waals surface area contributed by atoms with Gasteiger partial charge in [0.2, 0.25) is 0 Å². The molecule has 0 bridgehead atoms. The smallest absolute Gasteiger partial charge is 0.137 e. The van der Waals surface area contributed by atoms with Crippen LogP contribution < -0.4 is 5.32 Å². The zero-order valence-corrected chi connectivity index (χ0v) is 14.4. The lowest BCUT2D eigenvalue weighted by Crippen LogP contribution is -2.28. The molecule has 0 atom stereocenters. The van der Waals surface area contributed by atoms with Gasteiger partial charge in [-0.25, -0.2) is 4.98 Å². The average Bonchev–Trinajstić information content (AvgIpc) is 3.10. The van der Waals surface area contributed by atoms with Gasteiger partial charge in [-0.1, -0.05) is 17.7 Å². The van der Waals surface area contributed by atoms with Crippen molar-refractivity contribution >= 4 is 28.6 Å². The Labute approximate surface area is 144 Å². The van der Waals surface area contributed by atoms with E-state index in [0.29, 0.717) is 0 Å². The number of rotatable bonds is 3. The molecule has 23 heavy (non-hydrogen) atoms. The molecule has 0 aromatic carbocycles. The molecule has 0 unspecified atom stereocenters. The van der Waals surface area contributed by atoms with Gasteiger partial charge in [-0.3, -0.25) is 4.90 Å². The minimum Gasteiger partial charge on any atom is -0.315 e. The van der Waals surface area contributed by atoms with Crippen LogP contribution in [0.4, 0.5) is 0 Å². The number of imidazole rings is 1. The van der Waals surface area contributed by atoms with Crippen molar-refractivity contribution in [1.82, 2.24) is 19.6 Å². The summed E-state index contributed by atoms with van der Waals surface area (Å²) in [7, 11) is 0. The molecule has 4 nitrogen and oxygen atoms in total. The van der Waals surface area contributed by atoms with Crippen LogP contribution in [-0.2, 0) is 6.54 Å². The molecule has 1 fully saturated rings. The first-order chi connectivity index (χ1) is 11.3. The summed E-state index contributed by atoms with van der Waals surface area (Å²) >= 11 is 7.96. The highest BCUT2D eigenvalue weighted by Gasteiger charge is 2.18. The van der Waals surface area contributed by atoms with Crippen LogP contribution in [0.3, 0.4) is 0 Å². The van der Waals surface area contributed by atoms with Gasteiger partial charge in [0.05, 0.1) is 15.6 Å².